The molecule has 0 saturated heterocycles. The van der Waals surface area contributed by atoms with Gasteiger partial charge in [-0.25, -0.2) is 9.59 Å². The molecule has 0 radical (unpaired) electrons. The Bertz CT molecular complexity index is 2750. The highest BCUT2D eigenvalue weighted by Crippen LogP contribution is 2.36. The van der Waals surface area contributed by atoms with E-state index in [0.29, 0.717) is 84.3 Å². The van der Waals surface area contributed by atoms with Gasteiger partial charge in [0, 0.05) is 58.1 Å². The molecule has 0 aliphatic heterocycles. The number of carboxylic acids is 1. The summed E-state index contributed by atoms with van der Waals surface area (Å²) in [6, 6.07) is 40.5. The lowest BCUT2D eigenvalue weighted by atomic mass is 10.1. The maximum atomic E-state index is 13.9. The maximum absolute atomic E-state index is 13.9. The number of hydrogen-bond acceptors (Lipinski definition) is 8. The first-order valence-corrected chi connectivity index (χ1v) is 19.6. The molecule has 59 heavy (non-hydrogen) atoms. The first kappa shape index (κ1) is 38.7. The van der Waals surface area contributed by atoms with Gasteiger partial charge < -0.3 is 38.2 Å². The number of aliphatic carboxylic acids is 1. The predicted octanol–water partition coefficient (Wildman–Crippen LogP) is 9.59. The third kappa shape index (κ3) is 8.59. The van der Waals surface area contributed by atoms with Crippen LogP contribution in [0.1, 0.15) is 30.9 Å². The number of methoxy groups -OCH3 is 1. The lowest BCUT2D eigenvalue weighted by Crippen LogP contribution is -2.27. The Labute approximate surface area is 340 Å². The minimum Gasteiger partial charge on any atom is -0.497 e. The number of nitrogens with zero attached hydrogens (tertiary/aromatic N) is 2. The molecule has 1 N–H and O–H groups in total. The van der Waals surface area contributed by atoms with E-state index < -0.39 is 24.4 Å². The average Bonchev–Trinajstić information content (AvgIpc) is 3.74. The SMILES string of the molecule is COc1cccc(OCCCOc2ccc3c4ccccc4n(C(CC(=O)On4c5ccccc5c5ccc(OCCCOc6ccc(C)cc6)cc54)C(=O)O)c3c2)c1. The third-order valence-electron chi connectivity index (χ3n) is 10.1. The zero-order valence-corrected chi connectivity index (χ0v) is 32.8. The van der Waals surface area contributed by atoms with E-state index in [2.05, 4.69) is 0 Å². The lowest BCUT2D eigenvalue weighted by molar-refractivity contribution is -0.150. The minimum absolute atomic E-state index is 0.373. The number of ether oxygens (including phenoxy) is 5. The lowest BCUT2D eigenvalue weighted by Gasteiger charge is -2.18. The van der Waals surface area contributed by atoms with Crippen LogP contribution < -0.4 is 28.5 Å². The van der Waals surface area contributed by atoms with Gasteiger partial charge in [0.1, 0.15) is 34.8 Å². The van der Waals surface area contributed by atoms with Crippen LogP contribution in [-0.4, -0.2) is 59.9 Å². The number of para-hydroxylation sites is 2. The molecular formula is C48H44N2O9. The van der Waals surface area contributed by atoms with Crippen LogP contribution in [0.5, 0.6) is 28.7 Å². The summed E-state index contributed by atoms with van der Waals surface area (Å²) in [7, 11) is 1.61. The zero-order valence-electron chi connectivity index (χ0n) is 32.8. The number of aromatic nitrogens is 2. The van der Waals surface area contributed by atoms with E-state index in [4.69, 9.17) is 28.5 Å². The van der Waals surface area contributed by atoms with Crippen molar-refractivity contribution in [1.82, 2.24) is 9.30 Å². The highest BCUT2D eigenvalue weighted by molar-refractivity contribution is 6.10. The summed E-state index contributed by atoms with van der Waals surface area (Å²) >= 11 is 0. The fraction of sp³-hybridized carbons (Fsp3) is 0.208. The van der Waals surface area contributed by atoms with Crippen molar-refractivity contribution in [2.45, 2.75) is 32.2 Å². The summed E-state index contributed by atoms with van der Waals surface area (Å²) in [5.74, 6) is 1.51. The number of benzene rings is 6. The molecule has 1 atom stereocenters. The van der Waals surface area contributed by atoms with E-state index in [1.54, 1.807) is 11.7 Å². The standard InChI is InChI=1S/C48H44N2O9/c1-32-16-18-33(19-17-32)55-24-8-26-58-37-21-23-41-39-13-4-6-15-43(39)50(45(41)30-37)59-47(51)31-46(48(52)53)49-42-14-5-3-12-38(42)40-22-20-36(29-44(40)49)57-27-9-25-56-35-11-7-10-34(28-35)54-2/h3-7,10-23,28-30,46H,8-9,24-27,31H2,1-2H3,(H,52,53). The number of carboxylic acid groups (broad SMARTS) is 1. The van der Waals surface area contributed by atoms with Gasteiger partial charge in [-0.3, -0.25) is 0 Å². The van der Waals surface area contributed by atoms with Gasteiger partial charge in [-0.15, -0.1) is 0 Å². The molecule has 2 heterocycles. The second-order valence-electron chi connectivity index (χ2n) is 14.2. The molecule has 0 saturated carbocycles. The normalized spacial score (nSPS) is 11.8. The Hall–Kier alpha value is -7.14. The van der Waals surface area contributed by atoms with Crippen LogP contribution >= 0.6 is 0 Å². The largest absolute Gasteiger partial charge is 0.497 e. The first-order valence-electron chi connectivity index (χ1n) is 19.6. The number of hydrogen-bond donors (Lipinski definition) is 1. The number of carbonyl (C=O) groups is 2. The smallest absolute Gasteiger partial charge is 0.335 e. The average molecular weight is 793 g/mol. The molecule has 0 aliphatic rings. The molecule has 0 bridgehead atoms. The molecule has 8 rings (SSSR count). The zero-order chi connectivity index (χ0) is 40.7. The first-order chi connectivity index (χ1) is 28.9. The molecule has 1 unspecified atom stereocenters. The predicted molar refractivity (Wildman–Crippen MR) is 227 cm³/mol. The van der Waals surface area contributed by atoms with Crippen molar-refractivity contribution in [3.63, 3.8) is 0 Å². The number of carbonyl (C=O) groups excluding carboxylic acids is 1. The highest BCUT2D eigenvalue weighted by atomic mass is 16.7. The van der Waals surface area contributed by atoms with Crippen LogP contribution in [0.2, 0.25) is 0 Å². The quantitative estimate of drug-likeness (QED) is 0.0848. The summed E-state index contributed by atoms with van der Waals surface area (Å²) in [6.07, 6.45) is 0.833. The van der Waals surface area contributed by atoms with Crippen molar-refractivity contribution in [3.8, 4) is 28.7 Å². The summed E-state index contributed by atoms with van der Waals surface area (Å²) in [4.78, 5) is 33.1. The fourth-order valence-electron chi connectivity index (χ4n) is 7.30. The molecule has 6 aromatic carbocycles. The third-order valence-corrected chi connectivity index (χ3v) is 10.1. The van der Waals surface area contributed by atoms with Crippen molar-refractivity contribution in [1.29, 1.82) is 0 Å². The van der Waals surface area contributed by atoms with E-state index in [1.165, 1.54) is 10.3 Å². The highest BCUT2D eigenvalue weighted by Gasteiger charge is 2.29. The van der Waals surface area contributed by atoms with E-state index >= 15 is 0 Å². The van der Waals surface area contributed by atoms with Gasteiger partial charge in [0.15, 0.2) is 0 Å². The summed E-state index contributed by atoms with van der Waals surface area (Å²) in [6.45, 7) is 3.76. The van der Waals surface area contributed by atoms with Crippen molar-refractivity contribution < 1.29 is 43.2 Å². The number of rotatable bonds is 18. The van der Waals surface area contributed by atoms with Crippen LogP contribution in [-0.2, 0) is 9.59 Å². The van der Waals surface area contributed by atoms with E-state index in [-0.39, 0.29) is 0 Å². The number of fused-ring (bicyclic) bond motifs is 6. The van der Waals surface area contributed by atoms with Gasteiger partial charge in [0.25, 0.3) is 0 Å². The molecule has 2 aromatic heterocycles. The molecule has 300 valence electrons. The van der Waals surface area contributed by atoms with E-state index in [1.807, 2.05) is 140 Å². The molecule has 8 aromatic rings. The second-order valence-corrected chi connectivity index (χ2v) is 14.2. The Balaban J connectivity index is 0.990. The Morgan fingerprint density at radius 3 is 1.69 bits per heavy atom. The summed E-state index contributed by atoms with van der Waals surface area (Å²) < 4.78 is 32.3. The molecule has 0 spiro atoms. The van der Waals surface area contributed by atoms with Crippen LogP contribution in [0.3, 0.4) is 0 Å². The molecule has 0 amide bonds. The van der Waals surface area contributed by atoms with Gasteiger partial charge in [-0.1, -0.05) is 60.2 Å². The Morgan fingerprint density at radius 2 is 1.05 bits per heavy atom. The van der Waals surface area contributed by atoms with Crippen LogP contribution in [0.25, 0.3) is 43.6 Å². The van der Waals surface area contributed by atoms with Crippen molar-refractivity contribution in [2.24, 2.45) is 0 Å². The Kier molecular flexibility index (Phi) is 11.5. The van der Waals surface area contributed by atoms with Crippen LogP contribution in [0.4, 0.5) is 0 Å². The van der Waals surface area contributed by atoms with Crippen molar-refractivity contribution in [3.05, 3.63) is 139 Å². The van der Waals surface area contributed by atoms with E-state index in [9.17, 15) is 14.7 Å². The molecule has 0 aliphatic carbocycles. The van der Waals surface area contributed by atoms with Gasteiger partial charge >= 0.3 is 11.9 Å². The molecular weight excluding hydrogens is 749 g/mol. The van der Waals surface area contributed by atoms with Crippen LogP contribution in [0.15, 0.2) is 133 Å². The molecule has 11 heteroatoms. The minimum atomic E-state index is -1.29. The van der Waals surface area contributed by atoms with Gasteiger partial charge in [0.05, 0.1) is 56.5 Å². The van der Waals surface area contributed by atoms with Gasteiger partial charge in [0.2, 0.25) is 0 Å². The summed E-state index contributed by atoms with van der Waals surface area (Å²) in [5, 5.41) is 14.1. The topological polar surface area (TPSA) is 120 Å². The van der Waals surface area contributed by atoms with E-state index in [0.717, 1.165) is 27.3 Å². The van der Waals surface area contributed by atoms with Crippen molar-refractivity contribution in [2.75, 3.05) is 33.5 Å². The Morgan fingerprint density at radius 1 is 0.542 bits per heavy atom. The van der Waals surface area contributed by atoms with Crippen LogP contribution in [0, 0.1) is 6.92 Å². The molecule has 0 fully saturated rings. The number of aryl methyl sites for hydroxylation is 1. The maximum Gasteiger partial charge on any atom is 0.335 e. The molecule has 11 nitrogen and oxygen atoms in total. The van der Waals surface area contributed by atoms with Gasteiger partial charge in [-0.2, -0.15) is 4.73 Å². The van der Waals surface area contributed by atoms with Gasteiger partial charge in [-0.05, 0) is 67.6 Å². The second kappa shape index (κ2) is 17.6. The monoisotopic (exact) mass is 792 g/mol. The fourth-order valence-corrected chi connectivity index (χ4v) is 7.30. The van der Waals surface area contributed by atoms with Crippen molar-refractivity contribution >= 4 is 55.6 Å². The summed E-state index contributed by atoms with van der Waals surface area (Å²) in [5.41, 5.74) is 3.75.